The molecule has 9 heteroatoms. The normalized spacial score (nSPS) is 12.8. The topological polar surface area (TPSA) is 84.5 Å². The van der Waals surface area contributed by atoms with Crippen LogP contribution in [-0.2, 0) is 33.8 Å². The fourth-order valence-electron chi connectivity index (χ4n) is 3.50. The Kier molecular flexibility index (Phi) is 9.21. The molecule has 0 aliphatic heterocycles. The average molecular weight is 499 g/mol. The minimum atomic E-state index is -5.15. The van der Waals surface area contributed by atoms with E-state index in [0.717, 1.165) is 5.56 Å². The highest BCUT2D eigenvalue weighted by Crippen LogP contribution is 2.20. The zero-order valence-corrected chi connectivity index (χ0v) is 19.2. The molecule has 0 saturated heterocycles. The standard InChI is InChI=1S/C27H25F3N2O4/c28-27(29,30)24(33)22(16-19-10-4-1-5-11-19)31-25(34)23(17-20-12-6-2-7-13-20)32-26(35)36-18-21-14-8-3-9-15-21/h1-15,22-23H,16-18H2,(H,31,34)(H,32,35). The van der Waals surface area contributed by atoms with Gasteiger partial charge in [-0.05, 0) is 16.7 Å². The van der Waals surface area contributed by atoms with Crippen LogP contribution in [0.1, 0.15) is 16.7 Å². The van der Waals surface area contributed by atoms with Crippen LogP contribution in [-0.4, -0.2) is 36.0 Å². The molecule has 0 aliphatic carbocycles. The number of Topliss-reactive ketones (excluding diaryl/α,β-unsaturated/α-hetero) is 1. The first-order valence-corrected chi connectivity index (χ1v) is 11.2. The van der Waals surface area contributed by atoms with E-state index in [1.165, 1.54) is 0 Å². The van der Waals surface area contributed by atoms with Gasteiger partial charge in [0.25, 0.3) is 5.78 Å². The maximum atomic E-state index is 13.3. The van der Waals surface area contributed by atoms with Crippen LogP contribution in [0, 0.1) is 0 Å². The molecular formula is C27H25F3N2O4. The van der Waals surface area contributed by atoms with Crippen molar-refractivity contribution < 1.29 is 32.3 Å². The molecule has 0 aliphatic rings. The molecular weight excluding hydrogens is 473 g/mol. The molecule has 2 amide bonds. The largest absolute Gasteiger partial charge is 0.452 e. The number of benzene rings is 3. The van der Waals surface area contributed by atoms with E-state index in [1.807, 2.05) is 0 Å². The Morgan fingerprint density at radius 3 is 1.58 bits per heavy atom. The van der Waals surface area contributed by atoms with Gasteiger partial charge in [-0.15, -0.1) is 0 Å². The van der Waals surface area contributed by atoms with E-state index in [0.29, 0.717) is 11.1 Å². The van der Waals surface area contributed by atoms with Crippen LogP contribution in [0.2, 0.25) is 0 Å². The van der Waals surface area contributed by atoms with Crippen molar-refractivity contribution in [2.75, 3.05) is 0 Å². The van der Waals surface area contributed by atoms with E-state index in [9.17, 15) is 27.6 Å². The van der Waals surface area contributed by atoms with E-state index < -0.39 is 36.0 Å². The number of nitrogens with one attached hydrogen (secondary N) is 2. The lowest BCUT2D eigenvalue weighted by Gasteiger charge is -2.23. The Balaban J connectivity index is 1.75. The van der Waals surface area contributed by atoms with Crippen molar-refractivity contribution in [2.24, 2.45) is 0 Å². The van der Waals surface area contributed by atoms with Crippen LogP contribution < -0.4 is 10.6 Å². The molecule has 6 nitrogen and oxygen atoms in total. The first kappa shape index (κ1) is 26.5. The van der Waals surface area contributed by atoms with Crippen molar-refractivity contribution in [3.8, 4) is 0 Å². The predicted octanol–water partition coefficient (Wildman–Crippen LogP) is 4.38. The number of amides is 2. The first-order valence-electron chi connectivity index (χ1n) is 11.2. The van der Waals surface area contributed by atoms with Crippen LogP contribution in [0.15, 0.2) is 91.0 Å². The molecule has 0 fully saturated rings. The van der Waals surface area contributed by atoms with E-state index in [4.69, 9.17) is 4.74 Å². The SMILES string of the molecule is O=C(NC(Cc1ccccc1)C(=O)NC(Cc1ccccc1)C(=O)C(F)(F)F)OCc1ccccc1. The second-order valence-corrected chi connectivity index (χ2v) is 8.06. The minimum absolute atomic E-state index is 0.0224. The number of hydrogen-bond donors (Lipinski definition) is 2. The van der Waals surface area contributed by atoms with Gasteiger partial charge in [-0.1, -0.05) is 91.0 Å². The third kappa shape index (κ3) is 8.26. The van der Waals surface area contributed by atoms with Crippen LogP contribution in [0.5, 0.6) is 0 Å². The van der Waals surface area contributed by atoms with Gasteiger partial charge in [0.1, 0.15) is 18.7 Å². The number of carbonyl (C=O) groups is 3. The van der Waals surface area contributed by atoms with Crippen LogP contribution >= 0.6 is 0 Å². The summed E-state index contributed by atoms with van der Waals surface area (Å²) in [4.78, 5) is 37.6. The second kappa shape index (κ2) is 12.5. The fraction of sp³-hybridized carbons (Fsp3) is 0.222. The van der Waals surface area contributed by atoms with E-state index in [1.54, 1.807) is 91.0 Å². The molecule has 0 aromatic heterocycles. The third-order valence-electron chi connectivity index (χ3n) is 5.30. The summed E-state index contributed by atoms with van der Waals surface area (Å²) in [6, 6.07) is 22.4. The number of carbonyl (C=O) groups excluding carboxylic acids is 3. The molecule has 3 aromatic carbocycles. The second-order valence-electron chi connectivity index (χ2n) is 8.06. The maximum Gasteiger partial charge on any atom is 0.452 e. The summed E-state index contributed by atoms with van der Waals surface area (Å²) in [7, 11) is 0. The van der Waals surface area contributed by atoms with Crippen molar-refractivity contribution in [1.29, 1.82) is 0 Å². The van der Waals surface area contributed by atoms with Gasteiger partial charge in [-0.2, -0.15) is 13.2 Å². The van der Waals surface area contributed by atoms with Gasteiger partial charge in [0.05, 0.1) is 0 Å². The van der Waals surface area contributed by atoms with Gasteiger partial charge in [0, 0.05) is 12.8 Å². The summed E-state index contributed by atoms with van der Waals surface area (Å²) >= 11 is 0. The third-order valence-corrected chi connectivity index (χ3v) is 5.30. The molecule has 3 aromatic rings. The molecule has 0 radical (unpaired) electrons. The molecule has 0 saturated carbocycles. The number of rotatable bonds is 10. The molecule has 2 atom stereocenters. The Morgan fingerprint density at radius 2 is 1.11 bits per heavy atom. The monoisotopic (exact) mass is 498 g/mol. The lowest BCUT2D eigenvalue weighted by atomic mass is 10.00. The average Bonchev–Trinajstić information content (AvgIpc) is 2.87. The van der Waals surface area contributed by atoms with Gasteiger partial charge in [-0.3, -0.25) is 9.59 Å². The summed E-state index contributed by atoms with van der Waals surface area (Å²) in [6.07, 6.45) is -6.45. The molecule has 0 bridgehead atoms. The maximum absolute atomic E-state index is 13.3. The molecule has 2 N–H and O–H groups in total. The van der Waals surface area contributed by atoms with Gasteiger partial charge < -0.3 is 15.4 Å². The van der Waals surface area contributed by atoms with E-state index >= 15 is 0 Å². The Hall–Kier alpha value is -4.14. The molecule has 188 valence electrons. The summed E-state index contributed by atoms with van der Waals surface area (Å²) in [5, 5.41) is 4.61. The number of alkyl carbamates (subject to hydrolysis) is 1. The van der Waals surface area contributed by atoms with Gasteiger partial charge in [0.15, 0.2) is 0 Å². The van der Waals surface area contributed by atoms with E-state index in [2.05, 4.69) is 10.6 Å². The van der Waals surface area contributed by atoms with Crippen molar-refractivity contribution >= 4 is 17.8 Å². The number of alkyl halides is 3. The molecule has 0 spiro atoms. The number of halogens is 3. The van der Waals surface area contributed by atoms with Crippen LogP contribution in [0.4, 0.5) is 18.0 Å². The lowest BCUT2D eigenvalue weighted by Crippen LogP contribution is -2.55. The number of ether oxygens (including phenoxy) is 1. The van der Waals surface area contributed by atoms with Crippen molar-refractivity contribution in [2.45, 2.75) is 37.7 Å². The van der Waals surface area contributed by atoms with Gasteiger partial charge in [0.2, 0.25) is 5.91 Å². The molecule has 2 unspecified atom stereocenters. The summed E-state index contributed by atoms with van der Waals surface area (Å²) in [5.74, 6) is -3.01. The highest BCUT2D eigenvalue weighted by molar-refractivity contribution is 5.95. The lowest BCUT2D eigenvalue weighted by molar-refractivity contribution is -0.173. The zero-order chi connectivity index (χ0) is 26.0. The van der Waals surface area contributed by atoms with Crippen molar-refractivity contribution in [3.05, 3.63) is 108 Å². The Bertz CT molecular complexity index is 1140. The highest BCUT2D eigenvalue weighted by atomic mass is 19.4. The van der Waals surface area contributed by atoms with Gasteiger partial charge >= 0.3 is 12.3 Å². The Labute approximate surface area is 206 Å². The summed E-state index contributed by atoms with van der Waals surface area (Å²) in [6.45, 7) is -0.0600. The minimum Gasteiger partial charge on any atom is -0.445 e. The van der Waals surface area contributed by atoms with E-state index in [-0.39, 0.29) is 19.4 Å². The first-order chi connectivity index (χ1) is 17.2. The number of ketones is 1. The summed E-state index contributed by atoms with van der Waals surface area (Å²) < 4.78 is 45.0. The van der Waals surface area contributed by atoms with Gasteiger partial charge in [-0.25, -0.2) is 4.79 Å². The molecule has 36 heavy (non-hydrogen) atoms. The quantitative estimate of drug-likeness (QED) is 0.435. The zero-order valence-electron chi connectivity index (χ0n) is 19.2. The highest BCUT2D eigenvalue weighted by Gasteiger charge is 2.44. The molecule has 0 heterocycles. The van der Waals surface area contributed by atoms with Crippen molar-refractivity contribution in [3.63, 3.8) is 0 Å². The van der Waals surface area contributed by atoms with Crippen LogP contribution in [0.3, 0.4) is 0 Å². The smallest absolute Gasteiger partial charge is 0.445 e. The van der Waals surface area contributed by atoms with Crippen LogP contribution in [0.25, 0.3) is 0 Å². The Morgan fingerprint density at radius 1 is 0.667 bits per heavy atom. The predicted molar refractivity (Wildman–Crippen MR) is 127 cm³/mol. The number of hydrogen-bond acceptors (Lipinski definition) is 4. The fourth-order valence-corrected chi connectivity index (χ4v) is 3.50. The summed E-state index contributed by atoms with van der Waals surface area (Å²) in [5.41, 5.74) is 1.81. The molecule has 3 rings (SSSR count). The van der Waals surface area contributed by atoms with Crippen molar-refractivity contribution in [1.82, 2.24) is 10.6 Å².